The predicted molar refractivity (Wildman–Crippen MR) is 135 cm³/mol. The summed E-state index contributed by atoms with van der Waals surface area (Å²) in [7, 11) is 0. The van der Waals surface area contributed by atoms with Crippen LogP contribution in [-0.2, 0) is 22.7 Å². The fourth-order valence-electron chi connectivity index (χ4n) is 3.91. The van der Waals surface area contributed by atoms with Crippen molar-refractivity contribution in [3.8, 4) is 0 Å². The van der Waals surface area contributed by atoms with Gasteiger partial charge in [0.15, 0.2) is 0 Å². The third-order valence-corrected chi connectivity index (χ3v) is 7.11. The van der Waals surface area contributed by atoms with Crippen molar-refractivity contribution in [2.45, 2.75) is 26.9 Å². The van der Waals surface area contributed by atoms with Crippen molar-refractivity contribution < 1.29 is 18.8 Å². The number of likely N-dealkylation sites (N-methyl/N-ethyl adjacent to an activating group) is 1. The molecule has 3 aromatic rings. The topological polar surface area (TPSA) is 62.6 Å². The van der Waals surface area contributed by atoms with E-state index in [-0.39, 0.29) is 30.1 Å². The summed E-state index contributed by atoms with van der Waals surface area (Å²) in [5.41, 5.74) is 2.27. The Bertz CT molecular complexity index is 1300. The number of amides is 3. The molecule has 4 rings (SSSR count). The minimum Gasteiger partial charge on any atom is -0.342 e. The second kappa shape index (κ2) is 10.1. The maximum atomic E-state index is 13.2. The first-order valence-corrected chi connectivity index (χ1v) is 12.5. The Morgan fingerprint density at radius 3 is 2.50 bits per heavy atom. The number of imide groups is 1. The molecular weight excluding hydrogens is 521 g/mol. The molecule has 0 spiro atoms. The van der Waals surface area contributed by atoms with Gasteiger partial charge in [0.1, 0.15) is 12.4 Å². The summed E-state index contributed by atoms with van der Waals surface area (Å²) >= 11 is 4.37. The lowest BCUT2D eigenvalue weighted by atomic mass is 10.1. The van der Waals surface area contributed by atoms with Crippen LogP contribution in [0.3, 0.4) is 0 Å². The third-order valence-electron chi connectivity index (χ3n) is 5.71. The van der Waals surface area contributed by atoms with E-state index in [1.165, 1.54) is 12.1 Å². The van der Waals surface area contributed by atoms with Crippen LogP contribution in [0.2, 0.25) is 0 Å². The Hall–Kier alpha value is -2.91. The van der Waals surface area contributed by atoms with Crippen molar-refractivity contribution in [3.63, 3.8) is 0 Å². The zero-order valence-electron chi connectivity index (χ0n) is 18.8. The van der Waals surface area contributed by atoms with Crippen molar-refractivity contribution in [2.24, 2.45) is 0 Å². The highest BCUT2D eigenvalue weighted by Crippen LogP contribution is 2.35. The van der Waals surface area contributed by atoms with Crippen LogP contribution in [0.1, 0.15) is 25.0 Å². The molecule has 1 saturated heterocycles. The van der Waals surface area contributed by atoms with E-state index in [4.69, 9.17) is 0 Å². The van der Waals surface area contributed by atoms with Gasteiger partial charge in [-0.05, 0) is 67.6 Å². The molecule has 34 heavy (non-hydrogen) atoms. The molecule has 2 aromatic carbocycles. The highest BCUT2D eigenvalue weighted by Gasteiger charge is 2.35. The molecule has 2 heterocycles. The summed E-state index contributed by atoms with van der Waals surface area (Å²) in [6.07, 6.45) is 3.54. The smallest absolute Gasteiger partial charge is 0.293 e. The fraction of sp³-hybridized carbons (Fsp3) is 0.240. The van der Waals surface area contributed by atoms with Crippen molar-refractivity contribution >= 4 is 61.7 Å². The average Bonchev–Trinajstić information content (AvgIpc) is 3.27. The first-order chi connectivity index (χ1) is 16.3. The van der Waals surface area contributed by atoms with Crippen LogP contribution in [0.5, 0.6) is 0 Å². The molecule has 0 unspecified atom stereocenters. The number of benzene rings is 2. The second-order valence-corrected chi connectivity index (χ2v) is 9.74. The highest BCUT2D eigenvalue weighted by molar-refractivity contribution is 9.10. The van der Waals surface area contributed by atoms with Gasteiger partial charge < -0.3 is 9.47 Å². The normalized spacial score (nSPS) is 15.1. The molecule has 6 nitrogen and oxygen atoms in total. The van der Waals surface area contributed by atoms with Crippen LogP contribution in [0, 0.1) is 5.82 Å². The summed E-state index contributed by atoms with van der Waals surface area (Å²) in [5, 5.41) is 0.495. The van der Waals surface area contributed by atoms with E-state index in [1.54, 1.807) is 23.1 Å². The van der Waals surface area contributed by atoms with E-state index >= 15 is 0 Å². The molecule has 1 aliphatic rings. The summed E-state index contributed by atoms with van der Waals surface area (Å²) in [4.78, 5) is 41.5. The van der Waals surface area contributed by atoms with E-state index in [2.05, 4.69) is 15.9 Å². The molecule has 1 aromatic heterocycles. The summed E-state index contributed by atoms with van der Waals surface area (Å²) < 4.78 is 15.9. The number of thioether (sulfide) groups is 1. The van der Waals surface area contributed by atoms with E-state index in [0.29, 0.717) is 23.6 Å². The van der Waals surface area contributed by atoms with E-state index in [9.17, 15) is 18.8 Å². The second-order valence-electron chi connectivity index (χ2n) is 7.83. The maximum absolute atomic E-state index is 13.2. The summed E-state index contributed by atoms with van der Waals surface area (Å²) in [6, 6.07) is 11.5. The molecule has 1 fully saturated rings. The minimum absolute atomic E-state index is 0.0102. The minimum atomic E-state index is -0.394. The summed E-state index contributed by atoms with van der Waals surface area (Å²) in [6.45, 7) is 5.41. The summed E-state index contributed by atoms with van der Waals surface area (Å²) in [5.74, 6) is -0.759. The zero-order valence-corrected chi connectivity index (χ0v) is 21.2. The lowest BCUT2D eigenvalue weighted by molar-refractivity contribution is -0.131. The molecule has 0 aliphatic carbocycles. The first-order valence-electron chi connectivity index (χ1n) is 10.9. The van der Waals surface area contributed by atoms with Gasteiger partial charge in [-0.2, -0.15) is 0 Å². The van der Waals surface area contributed by atoms with Gasteiger partial charge in [0, 0.05) is 40.2 Å². The molecule has 3 amide bonds. The Labute approximate surface area is 209 Å². The van der Waals surface area contributed by atoms with E-state index < -0.39 is 5.91 Å². The molecule has 0 atom stereocenters. The molecule has 0 saturated carbocycles. The van der Waals surface area contributed by atoms with Gasteiger partial charge in [-0.1, -0.05) is 28.1 Å². The van der Waals surface area contributed by atoms with Crippen molar-refractivity contribution in [2.75, 3.05) is 13.1 Å². The predicted octanol–water partition coefficient (Wildman–Crippen LogP) is 5.65. The van der Waals surface area contributed by atoms with Gasteiger partial charge in [-0.25, -0.2) is 4.39 Å². The molecule has 9 heteroatoms. The van der Waals surface area contributed by atoms with Gasteiger partial charge in [0.05, 0.1) is 11.4 Å². The maximum Gasteiger partial charge on any atom is 0.293 e. The Morgan fingerprint density at radius 2 is 1.82 bits per heavy atom. The molecule has 0 N–H and O–H groups in total. The number of carbonyl (C=O) groups excluding carboxylic acids is 3. The lowest BCUT2D eigenvalue weighted by Gasteiger charge is -2.19. The fourth-order valence-corrected chi connectivity index (χ4v) is 5.10. The Kier molecular flexibility index (Phi) is 7.23. The SMILES string of the molecule is CCN(CC)C(=O)Cn1cc(/C=C2\SC(=O)N(Cc3ccc(F)cc3)C2=O)c2cc(Br)ccc21. The molecule has 1 aliphatic heterocycles. The zero-order chi connectivity index (χ0) is 24.4. The first kappa shape index (κ1) is 24.2. The molecule has 0 radical (unpaired) electrons. The van der Waals surface area contributed by atoms with Crippen molar-refractivity contribution in [1.82, 2.24) is 14.4 Å². The van der Waals surface area contributed by atoms with Crippen LogP contribution in [0.25, 0.3) is 17.0 Å². The van der Waals surface area contributed by atoms with Crippen LogP contribution in [0.15, 0.2) is 58.0 Å². The number of fused-ring (bicyclic) bond motifs is 1. The number of nitrogens with zero attached hydrogens (tertiary/aromatic N) is 3. The van der Waals surface area contributed by atoms with Crippen molar-refractivity contribution in [1.29, 1.82) is 0 Å². The largest absolute Gasteiger partial charge is 0.342 e. The number of aromatic nitrogens is 1. The van der Waals surface area contributed by atoms with Gasteiger partial charge in [0.2, 0.25) is 5.91 Å². The number of carbonyl (C=O) groups is 3. The van der Waals surface area contributed by atoms with Crippen LogP contribution in [-0.4, -0.2) is 44.5 Å². The Morgan fingerprint density at radius 1 is 1.12 bits per heavy atom. The number of hydrogen-bond acceptors (Lipinski definition) is 4. The van der Waals surface area contributed by atoms with Crippen molar-refractivity contribution in [3.05, 3.63) is 75.0 Å². The monoisotopic (exact) mass is 543 g/mol. The van der Waals surface area contributed by atoms with Gasteiger partial charge in [0.25, 0.3) is 11.1 Å². The quantitative estimate of drug-likeness (QED) is 0.361. The molecule has 0 bridgehead atoms. The number of hydrogen-bond donors (Lipinski definition) is 0. The third kappa shape index (κ3) is 4.95. The number of halogens is 2. The average molecular weight is 544 g/mol. The standard InChI is InChI=1S/C25H23BrFN3O3S/c1-3-28(4-2)23(31)15-29-14-17(20-12-18(26)7-10-21(20)29)11-22-24(32)30(25(33)34-22)13-16-5-8-19(27)9-6-16/h5-12,14H,3-4,13,15H2,1-2H3/b22-11-. The lowest BCUT2D eigenvalue weighted by Crippen LogP contribution is -2.33. The highest BCUT2D eigenvalue weighted by atomic mass is 79.9. The Balaban J connectivity index is 1.65. The van der Waals surface area contributed by atoms with Crippen LogP contribution in [0.4, 0.5) is 9.18 Å². The van der Waals surface area contributed by atoms with Gasteiger partial charge in [-0.15, -0.1) is 0 Å². The van der Waals surface area contributed by atoms with Gasteiger partial charge >= 0.3 is 0 Å². The van der Waals surface area contributed by atoms with Crippen LogP contribution >= 0.6 is 27.7 Å². The van der Waals surface area contributed by atoms with E-state index in [1.807, 2.05) is 42.8 Å². The molecule has 176 valence electrons. The van der Waals surface area contributed by atoms with Gasteiger partial charge in [-0.3, -0.25) is 19.3 Å². The number of rotatable bonds is 7. The van der Waals surface area contributed by atoms with E-state index in [0.717, 1.165) is 37.6 Å². The molecular formula is C25H23BrFN3O3S. The van der Waals surface area contributed by atoms with Crippen LogP contribution < -0.4 is 0 Å².